The fourth-order valence-electron chi connectivity index (χ4n) is 1.47. The zero-order valence-electron chi connectivity index (χ0n) is 9.45. The summed E-state index contributed by atoms with van der Waals surface area (Å²) in [5.74, 6) is -1.08. The highest BCUT2D eigenvalue weighted by Crippen LogP contribution is 2.34. The highest BCUT2D eigenvalue weighted by Gasteiger charge is 2.31. The first-order valence-electron chi connectivity index (χ1n) is 5.23. The van der Waals surface area contributed by atoms with E-state index in [-0.39, 0.29) is 11.4 Å². The number of rotatable bonds is 2. The zero-order chi connectivity index (χ0) is 14.0. The number of aromatic nitrogens is 1. The minimum Gasteiger partial charge on any atom is -0.506 e. The fraction of sp³-hybridized carbons (Fsp3) is 0.0833. The lowest BCUT2D eigenvalue weighted by Gasteiger charge is -2.11. The summed E-state index contributed by atoms with van der Waals surface area (Å²) in [5.41, 5.74) is -1.07. The summed E-state index contributed by atoms with van der Waals surface area (Å²) >= 11 is 0. The molecule has 0 aliphatic carbocycles. The van der Waals surface area contributed by atoms with Crippen LogP contribution >= 0.6 is 0 Å². The second-order valence-electron chi connectivity index (χ2n) is 3.77. The predicted octanol–water partition coefficient (Wildman–Crippen LogP) is 2.99. The van der Waals surface area contributed by atoms with E-state index in [0.717, 1.165) is 12.1 Å². The molecular formula is C12H9F3N2O2. The lowest BCUT2D eigenvalue weighted by Crippen LogP contribution is -2.13. The van der Waals surface area contributed by atoms with Crippen LogP contribution in [0, 0.1) is 0 Å². The molecule has 0 atom stereocenters. The largest absolute Gasteiger partial charge is 0.506 e. The highest BCUT2D eigenvalue weighted by atomic mass is 19.4. The number of nitrogens with one attached hydrogen (secondary N) is 2. The summed E-state index contributed by atoms with van der Waals surface area (Å²) < 4.78 is 37.5. The van der Waals surface area contributed by atoms with Crippen LogP contribution in [0.4, 0.5) is 18.9 Å². The van der Waals surface area contributed by atoms with Gasteiger partial charge in [0.1, 0.15) is 11.4 Å². The predicted molar refractivity (Wildman–Crippen MR) is 61.9 cm³/mol. The van der Waals surface area contributed by atoms with Crippen LogP contribution in [0.25, 0.3) is 0 Å². The summed E-state index contributed by atoms with van der Waals surface area (Å²) in [4.78, 5) is 14.3. The van der Waals surface area contributed by atoms with Crippen molar-refractivity contribution in [3.8, 4) is 5.75 Å². The van der Waals surface area contributed by atoms with Gasteiger partial charge in [-0.15, -0.1) is 0 Å². The van der Waals surface area contributed by atoms with E-state index in [0.29, 0.717) is 6.07 Å². The number of carbonyl (C=O) groups excluding carboxylic acids is 1. The molecule has 1 amide bonds. The van der Waals surface area contributed by atoms with Crippen molar-refractivity contribution in [2.45, 2.75) is 6.18 Å². The first-order chi connectivity index (χ1) is 8.88. The molecule has 0 saturated carbocycles. The number of carbonyl (C=O) groups is 1. The zero-order valence-corrected chi connectivity index (χ0v) is 9.45. The molecule has 19 heavy (non-hydrogen) atoms. The maximum absolute atomic E-state index is 12.5. The van der Waals surface area contributed by atoms with Crippen LogP contribution in [0.2, 0.25) is 0 Å². The van der Waals surface area contributed by atoms with E-state index in [1.165, 1.54) is 12.3 Å². The number of benzene rings is 1. The van der Waals surface area contributed by atoms with Crippen LogP contribution in [0.1, 0.15) is 16.1 Å². The molecule has 0 spiro atoms. The topological polar surface area (TPSA) is 65.1 Å². The van der Waals surface area contributed by atoms with Gasteiger partial charge in [0.25, 0.3) is 5.91 Å². The van der Waals surface area contributed by atoms with Crippen LogP contribution in [0.5, 0.6) is 5.75 Å². The van der Waals surface area contributed by atoms with Crippen molar-refractivity contribution in [2.24, 2.45) is 0 Å². The average Bonchev–Trinajstić information content (AvgIpc) is 2.84. The molecule has 4 nitrogen and oxygen atoms in total. The maximum Gasteiger partial charge on any atom is 0.416 e. The number of halogens is 3. The Hall–Kier alpha value is -2.44. The number of H-pyrrole nitrogens is 1. The number of phenols is 1. The monoisotopic (exact) mass is 270 g/mol. The number of hydrogen-bond acceptors (Lipinski definition) is 2. The smallest absolute Gasteiger partial charge is 0.416 e. The maximum atomic E-state index is 12.5. The fourth-order valence-corrected chi connectivity index (χ4v) is 1.47. The molecular weight excluding hydrogens is 261 g/mol. The second kappa shape index (κ2) is 4.68. The third-order valence-corrected chi connectivity index (χ3v) is 2.41. The molecule has 0 bridgehead atoms. The van der Waals surface area contributed by atoms with Crippen LogP contribution in [-0.2, 0) is 6.18 Å². The summed E-state index contributed by atoms with van der Waals surface area (Å²) in [6, 6.07) is 5.32. The normalized spacial score (nSPS) is 11.3. The van der Waals surface area contributed by atoms with Gasteiger partial charge in [0.05, 0.1) is 11.3 Å². The van der Waals surface area contributed by atoms with Crippen molar-refractivity contribution in [3.05, 3.63) is 47.8 Å². The van der Waals surface area contributed by atoms with E-state index in [1.807, 2.05) is 0 Å². The van der Waals surface area contributed by atoms with E-state index in [1.54, 1.807) is 6.07 Å². The van der Waals surface area contributed by atoms with Gasteiger partial charge >= 0.3 is 6.18 Å². The van der Waals surface area contributed by atoms with Gasteiger partial charge in [-0.3, -0.25) is 4.79 Å². The molecule has 0 aliphatic rings. The van der Waals surface area contributed by atoms with Crippen LogP contribution in [0.15, 0.2) is 36.5 Å². The molecule has 7 heteroatoms. The standard InChI is InChI=1S/C12H9F3N2O2/c13-12(14,15)7-3-4-10(18)9(6-7)17-11(19)8-2-1-5-16-8/h1-6,16,18H,(H,17,19). The SMILES string of the molecule is O=C(Nc1cc(C(F)(F)F)ccc1O)c1ccc[nH]1. The number of phenolic OH excluding ortho intramolecular Hbond substituents is 1. The van der Waals surface area contributed by atoms with Gasteiger partial charge in [-0.2, -0.15) is 13.2 Å². The average molecular weight is 270 g/mol. The Balaban J connectivity index is 2.27. The van der Waals surface area contributed by atoms with Crippen molar-refractivity contribution in [2.75, 3.05) is 5.32 Å². The number of anilines is 1. The molecule has 2 aromatic rings. The van der Waals surface area contributed by atoms with Crippen LogP contribution in [-0.4, -0.2) is 16.0 Å². The molecule has 1 heterocycles. The van der Waals surface area contributed by atoms with Crippen molar-refractivity contribution in [1.29, 1.82) is 0 Å². The van der Waals surface area contributed by atoms with Crippen molar-refractivity contribution in [3.63, 3.8) is 0 Å². The number of aromatic amines is 1. The van der Waals surface area contributed by atoms with Gasteiger partial charge in [0.15, 0.2) is 0 Å². The first kappa shape index (κ1) is 13.0. The van der Waals surface area contributed by atoms with E-state index in [2.05, 4.69) is 10.3 Å². The van der Waals surface area contributed by atoms with Crippen LogP contribution in [0.3, 0.4) is 0 Å². The Labute approximate surface area is 105 Å². The molecule has 3 N–H and O–H groups in total. The molecule has 0 saturated heterocycles. The first-order valence-corrected chi connectivity index (χ1v) is 5.23. The molecule has 0 aliphatic heterocycles. The van der Waals surface area contributed by atoms with Gasteiger partial charge in [0, 0.05) is 6.20 Å². The van der Waals surface area contributed by atoms with E-state index >= 15 is 0 Å². The van der Waals surface area contributed by atoms with Gasteiger partial charge in [0.2, 0.25) is 0 Å². The minimum atomic E-state index is -4.54. The lowest BCUT2D eigenvalue weighted by atomic mass is 10.1. The number of hydrogen-bond donors (Lipinski definition) is 3. The Kier molecular flexibility index (Phi) is 3.20. The summed E-state index contributed by atoms with van der Waals surface area (Å²) in [5, 5.41) is 11.7. The van der Waals surface area contributed by atoms with E-state index in [4.69, 9.17) is 0 Å². The number of amides is 1. The van der Waals surface area contributed by atoms with Gasteiger partial charge < -0.3 is 15.4 Å². The molecule has 0 unspecified atom stereocenters. The van der Waals surface area contributed by atoms with Crippen LogP contribution < -0.4 is 5.32 Å². The highest BCUT2D eigenvalue weighted by molar-refractivity contribution is 6.03. The Morgan fingerprint density at radius 1 is 1.26 bits per heavy atom. The molecule has 2 rings (SSSR count). The molecule has 100 valence electrons. The van der Waals surface area contributed by atoms with Crippen molar-refractivity contribution >= 4 is 11.6 Å². The van der Waals surface area contributed by atoms with Gasteiger partial charge in [-0.1, -0.05) is 0 Å². The molecule has 1 aromatic carbocycles. The third-order valence-electron chi connectivity index (χ3n) is 2.41. The Bertz CT molecular complexity index is 592. The summed E-state index contributed by atoms with van der Waals surface area (Å²) in [6.07, 6.45) is -3.04. The quantitative estimate of drug-likeness (QED) is 0.734. The Morgan fingerprint density at radius 3 is 2.58 bits per heavy atom. The summed E-state index contributed by atoms with van der Waals surface area (Å²) in [7, 11) is 0. The lowest BCUT2D eigenvalue weighted by molar-refractivity contribution is -0.137. The van der Waals surface area contributed by atoms with Gasteiger partial charge in [-0.05, 0) is 30.3 Å². The van der Waals surface area contributed by atoms with Gasteiger partial charge in [-0.25, -0.2) is 0 Å². The number of alkyl halides is 3. The molecule has 0 radical (unpaired) electrons. The third kappa shape index (κ3) is 2.87. The van der Waals surface area contributed by atoms with Crippen molar-refractivity contribution in [1.82, 2.24) is 4.98 Å². The molecule has 0 fully saturated rings. The number of aromatic hydroxyl groups is 1. The van der Waals surface area contributed by atoms with Crippen molar-refractivity contribution < 1.29 is 23.1 Å². The Morgan fingerprint density at radius 2 is 2.00 bits per heavy atom. The molecule has 1 aromatic heterocycles. The van der Waals surface area contributed by atoms with E-state index in [9.17, 15) is 23.1 Å². The van der Waals surface area contributed by atoms with E-state index < -0.39 is 23.4 Å². The minimum absolute atomic E-state index is 0.178. The summed E-state index contributed by atoms with van der Waals surface area (Å²) in [6.45, 7) is 0. The second-order valence-corrected chi connectivity index (χ2v) is 3.77.